The van der Waals surface area contributed by atoms with Gasteiger partial charge in [0.05, 0.1) is 0 Å². The summed E-state index contributed by atoms with van der Waals surface area (Å²) < 4.78 is 2.05. The van der Waals surface area contributed by atoms with Crippen molar-refractivity contribution in [2.45, 2.75) is 59.4 Å². The maximum Gasteiger partial charge on any atom is 0.225 e. The summed E-state index contributed by atoms with van der Waals surface area (Å²) >= 11 is 6.10. The minimum absolute atomic E-state index is 0.00777. The lowest BCUT2D eigenvalue weighted by atomic mass is 9.95. The Balaban J connectivity index is 2.98. The zero-order chi connectivity index (χ0) is 12.3. The molecule has 3 nitrogen and oxygen atoms in total. The van der Waals surface area contributed by atoms with E-state index in [9.17, 15) is 0 Å². The monoisotopic (exact) mass is 243 g/mol. The summed E-state index contributed by atoms with van der Waals surface area (Å²) in [4.78, 5) is 0. The lowest BCUT2D eigenvalue weighted by molar-refractivity contribution is 0.391. The Morgan fingerprint density at radius 2 is 1.75 bits per heavy atom. The molecule has 16 heavy (non-hydrogen) atoms. The largest absolute Gasteiger partial charge is 0.301 e. The first-order valence-corrected chi connectivity index (χ1v) is 6.37. The standard InChI is InChI=1S/C12H22ClN3/c1-6-9(7-2)8-16-10(12(3,4)5)14-15-11(16)13/h9H,6-8H2,1-5H3. The van der Waals surface area contributed by atoms with Gasteiger partial charge in [0.1, 0.15) is 5.82 Å². The van der Waals surface area contributed by atoms with Crippen LogP contribution in [-0.2, 0) is 12.0 Å². The molecule has 92 valence electrons. The van der Waals surface area contributed by atoms with Crippen molar-refractivity contribution in [1.82, 2.24) is 14.8 Å². The molecule has 0 aliphatic rings. The summed E-state index contributed by atoms with van der Waals surface area (Å²) in [5, 5.41) is 8.68. The third-order valence-corrected chi connectivity index (χ3v) is 3.25. The van der Waals surface area contributed by atoms with Crippen LogP contribution in [0.1, 0.15) is 53.3 Å². The SMILES string of the molecule is CCC(CC)Cn1c(Cl)nnc1C(C)(C)C. The van der Waals surface area contributed by atoms with Gasteiger partial charge in [0.25, 0.3) is 0 Å². The van der Waals surface area contributed by atoms with Crippen LogP contribution >= 0.6 is 11.6 Å². The first-order valence-electron chi connectivity index (χ1n) is 5.99. The molecule has 0 atom stereocenters. The summed E-state index contributed by atoms with van der Waals surface area (Å²) in [5.74, 6) is 1.62. The van der Waals surface area contributed by atoms with Crippen LogP contribution in [-0.4, -0.2) is 14.8 Å². The summed E-state index contributed by atoms with van der Waals surface area (Å²) in [5.41, 5.74) is -0.00777. The van der Waals surface area contributed by atoms with Gasteiger partial charge in [-0.3, -0.25) is 0 Å². The predicted octanol–water partition coefficient (Wildman–Crippen LogP) is 3.67. The number of nitrogens with zero attached hydrogens (tertiary/aromatic N) is 3. The molecule has 0 aromatic carbocycles. The van der Waals surface area contributed by atoms with Gasteiger partial charge in [-0.15, -0.1) is 10.2 Å². The Morgan fingerprint density at radius 1 is 1.19 bits per heavy atom. The van der Waals surface area contributed by atoms with E-state index in [4.69, 9.17) is 11.6 Å². The second-order valence-corrected chi connectivity index (χ2v) is 5.67. The fraction of sp³-hybridized carbons (Fsp3) is 0.833. The van der Waals surface area contributed by atoms with Crippen molar-refractivity contribution in [3.8, 4) is 0 Å². The van der Waals surface area contributed by atoms with E-state index in [-0.39, 0.29) is 5.41 Å². The van der Waals surface area contributed by atoms with E-state index in [0.717, 1.165) is 25.2 Å². The van der Waals surface area contributed by atoms with Crippen LogP contribution in [0.15, 0.2) is 0 Å². The number of aromatic nitrogens is 3. The molecule has 0 saturated carbocycles. The molecular weight excluding hydrogens is 222 g/mol. The molecule has 0 bridgehead atoms. The van der Waals surface area contributed by atoms with Gasteiger partial charge in [0.15, 0.2) is 0 Å². The van der Waals surface area contributed by atoms with Crippen molar-refractivity contribution in [2.24, 2.45) is 5.92 Å². The first kappa shape index (κ1) is 13.5. The van der Waals surface area contributed by atoms with Crippen LogP contribution in [0.3, 0.4) is 0 Å². The fourth-order valence-electron chi connectivity index (χ4n) is 1.81. The summed E-state index contributed by atoms with van der Waals surface area (Å²) in [6.07, 6.45) is 2.32. The van der Waals surface area contributed by atoms with Crippen LogP contribution in [0.4, 0.5) is 0 Å². The number of halogens is 1. The molecule has 0 N–H and O–H groups in total. The van der Waals surface area contributed by atoms with Crippen molar-refractivity contribution in [1.29, 1.82) is 0 Å². The van der Waals surface area contributed by atoms with Crippen LogP contribution in [0.25, 0.3) is 0 Å². The summed E-state index contributed by atoms with van der Waals surface area (Å²) in [6.45, 7) is 11.8. The molecule has 0 radical (unpaired) electrons. The molecule has 1 rings (SSSR count). The van der Waals surface area contributed by atoms with Gasteiger partial charge in [0, 0.05) is 12.0 Å². The van der Waals surface area contributed by atoms with E-state index in [1.807, 2.05) is 0 Å². The quantitative estimate of drug-likeness (QED) is 0.808. The maximum absolute atomic E-state index is 6.10. The second-order valence-electron chi connectivity index (χ2n) is 5.34. The minimum atomic E-state index is -0.00777. The number of rotatable bonds is 4. The van der Waals surface area contributed by atoms with E-state index in [0.29, 0.717) is 11.2 Å². The van der Waals surface area contributed by atoms with Crippen LogP contribution in [0.5, 0.6) is 0 Å². The Kier molecular flexibility index (Phi) is 4.36. The van der Waals surface area contributed by atoms with Gasteiger partial charge >= 0.3 is 0 Å². The molecule has 0 aliphatic heterocycles. The van der Waals surface area contributed by atoms with Crippen molar-refractivity contribution in [3.63, 3.8) is 0 Å². The molecule has 0 spiro atoms. The average Bonchev–Trinajstić information content (AvgIpc) is 2.56. The lowest BCUT2D eigenvalue weighted by Gasteiger charge is -2.21. The highest BCUT2D eigenvalue weighted by atomic mass is 35.5. The van der Waals surface area contributed by atoms with Gasteiger partial charge in [-0.2, -0.15) is 0 Å². The van der Waals surface area contributed by atoms with Crippen LogP contribution in [0.2, 0.25) is 5.28 Å². The molecule has 1 aromatic heterocycles. The fourth-order valence-corrected chi connectivity index (χ4v) is 1.99. The molecule has 0 fully saturated rings. The van der Waals surface area contributed by atoms with E-state index in [1.54, 1.807) is 0 Å². The summed E-state index contributed by atoms with van der Waals surface area (Å²) in [6, 6.07) is 0. The highest BCUT2D eigenvalue weighted by Gasteiger charge is 2.24. The molecule has 0 unspecified atom stereocenters. The Morgan fingerprint density at radius 3 is 2.19 bits per heavy atom. The van der Waals surface area contributed by atoms with E-state index in [1.165, 1.54) is 0 Å². The highest BCUT2D eigenvalue weighted by Crippen LogP contribution is 2.25. The van der Waals surface area contributed by atoms with Crippen LogP contribution in [0, 0.1) is 5.92 Å². The van der Waals surface area contributed by atoms with Gasteiger partial charge in [0.2, 0.25) is 5.28 Å². The number of hydrogen-bond acceptors (Lipinski definition) is 2. The van der Waals surface area contributed by atoms with Crippen molar-refractivity contribution in [2.75, 3.05) is 0 Å². The topological polar surface area (TPSA) is 30.7 Å². The van der Waals surface area contributed by atoms with E-state index >= 15 is 0 Å². The van der Waals surface area contributed by atoms with Gasteiger partial charge in [-0.1, -0.05) is 47.5 Å². The Hall–Kier alpha value is -0.570. The smallest absolute Gasteiger partial charge is 0.225 e. The molecule has 0 saturated heterocycles. The van der Waals surface area contributed by atoms with Crippen molar-refractivity contribution >= 4 is 11.6 Å². The van der Waals surface area contributed by atoms with E-state index in [2.05, 4.69) is 49.4 Å². The zero-order valence-electron chi connectivity index (χ0n) is 10.9. The highest BCUT2D eigenvalue weighted by molar-refractivity contribution is 6.28. The average molecular weight is 244 g/mol. The molecule has 1 aromatic rings. The zero-order valence-corrected chi connectivity index (χ0v) is 11.7. The predicted molar refractivity (Wildman–Crippen MR) is 67.8 cm³/mol. The van der Waals surface area contributed by atoms with Crippen molar-refractivity contribution in [3.05, 3.63) is 11.1 Å². The second kappa shape index (κ2) is 5.17. The molecule has 0 amide bonds. The molecule has 1 heterocycles. The Labute approximate surface area is 103 Å². The third kappa shape index (κ3) is 2.97. The van der Waals surface area contributed by atoms with Gasteiger partial charge < -0.3 is 4.57 Å². The molecule has 4 heteroatoms. The molecular formula is C12H22ClN3. The maximum atomic E-state index is 6.10. The van der Waals surface area contributed by atoms with E-state index < -0.39 is 0 Å². The van der Waals surface area contributed by atoms with Crippen LogP contribution < -0.4 is 0 Å². The normalized spacial score (nSPS) is 12.4. The minimum Gasteiger partial charge on any atom is -0.301 e. The van der Waals surface area contributed by atoms with Gasteiger partial charge in [-0.05, 0) is 17.5 Å². The first-order chi connectivity index (χ1) is 7.40. The number of hydrogen-bond donors (Lipinski definition) is 0. The Bertz CT molecular complexity index is 335. The third-order valence-electron chi connectivity index (χ3n) is 2.97. The lowest BCUT2D eigenvalue weighted by Crippen LogP contribution is -2.21. The van der Waals surface area contributed by atoms with Crippen molar-refractivity contribution < 1.29 is 0 Å². The summed E-state index contributed by atoms with van der Waals surface area (Å²) in [7, 11) is 0. The van der Waals surface area contributed by atoms with Gasteiger partial charge in [-0.25, -0.2) is 0 Å². The molecule has 0 aliphatic carbocycles.